The van der Waals surface area contributed by atoms with E-state index in [1.54, 1.807) is 32.4 Å². The van der Waals surface area contributed by atoms with Gasteiger partial charge in [0.1, 0.15) is 11.5 Å². The molecule has 0 aromatic heterocycles. The predicted octanol–water partition coefficient (Wildman–Crippen LogP) is 0.279. The standard InChI is InChI=1S/C11H16N2O3/c1-13-11(14)7-16-10-4-3-9(15-2)5-8(10)6-12/h3-5H,6-7,12H2,1-2H3,(H,13,14). The van der Waals surface area contributed by atoms with E-state index in [-0.39, 0.29) is 12.5 Å². The van der Waals surface area contributed by atoms with Gasteiger partial charge in [-0.15, -0.1) is 0 Å². The van der Waals surface area contributed by atoms with Crippen molar-refractivity contribution in [2.75, 3.05) is 20.8 Å². The molecule has 88 valence electrons. The fraction of sp³-hybridized carbons (Fsp3) is 0.364. The maximum atomic E-state index is 11.0. The van der Waals surface area contributed by atoms with Gasteiger partial charge in [0.15, 0.2) is 6.61 Å². The highest BCUT2D eigenvalue weighted by molar-refractivity contribution is 5.77. The second-order valence-corrected chi connectivity index (χ2v) is 3.14. The van der Waals surface area contributed by atoms with E-state index in [1.807, 2.05) is 0 Å². The van der Waals surface area contributed by atoms with Crippen molar-refractivity contribution >= 4 is 5.91 Å². The fourth-order valence-electron chi connectivity index (χ4n) is 1.20. The van der Waals surface area contributed by atoms with Crippen molar-refractivity contribution < 1.29 is 14.3 Å². The van der Waals surface area contributed by atoms with Gasteiger partial charge >= 0.3 is 0 Å². The van der Waals surface area contributed by atoms with Crippen molar-refractivity contribution in [3.63, 3.8) is 0 Å². The molecule has 0 saturated heterocycles. The molecule has 0 heterocycles. The Morgan fingerprint density at radius 3 is 2.81 bits per heavy atom. The minimum atomic E-state index is -0.182. The van der Waals surface area contributed by atoms with Crippen LogP contribution in [0.5, 0.6) is 11.5 Å². The van der Waals surface area contributed by atoms with Gasteiger partial charge in [-0.2, -0.15) is 0 Å². The quantitative estimate of drug-likeness (QED) is 0.753. The zero-order chi connectivity index (χ0) is 12.0. The van der Waals surface area contributed by atoms with E-state index in [0.29, 0.717) is 18.0 Å². The third kappa shape index (κ3) is 3.13. The third-order valence-corrected chi connectivity index (χ3v) is 2.13. The number of ether oxygens (including phenoxy) is 2. The van der Waals surface area contributed by atoms with Gasteiger partial charge in [-0.3, -0.25) is 4.79 Å². The normalized spacial score (nSPS) is 9.69. The fourth-order valence-corrected chi connectivity index (χ4v) is 1.20. The first kappa shape index (κ1) is 12.3. The van der Waals surface area contributed by atoms with Crippen LogP contribution in [-0.4, -0.2) is 26.7 Å². The molecular weight excluding hydrogens is 208 g/mol. The first-order valence-electron chi connectivity index (χ1n) is 4.91. The Bertz CT molecular complexity index is 366. The van der Waals surface area contributed by atoms with Crippen molar-refractivity contribution in [2.45, 2.75) is 6.54 Å². The average molecular weight is 224 g/mol. The molecule has 0 aliphatic heterocycles. The molecule has 0 radical (unpaired) electrons. The topological polar surface area (TPSA) is 73.6 Å². The number of nitrogens with one attached hydrogen (secondary N) is 1. The lowest BCUT2D eigenvalue weighted by Crippen LogP contribution is -2.25. The van der Waals surface area contributed by atoms with Gasteiger partial charge in [0.05, 0.1) is 7.11 Å². The Labute approximate surface area is 94.5 Å². The highest BCUT2D eigenvalue weighted by Crippen LogP contribution is 2.23. The number of likely N-dealkylation sites (N-methyl/N-ethyl adjacent to an activating group) is 1. The summed E-state index contributed by atoms with van der Waals surface area (Å²) in [6.07, 6.45) is 0. The molecule has 0 aliphatic rings. The van der Waals surface area contributed by atoms with Crippen molar-refractivity contribution in [3.8, 4) is 11.5 Å². The molecule has 0 unspecified atom stereocenters. The summed E-state index contributed by atoms with van der Waals surface area (Å²) in [5.74, 6) is 1.14. The highest BCUT2D eigenvalue weighted by Gasteiger charge is 2.06. The second kappa shape index (κ2) is 5.97. The largest absolute Gasteiger partial charge is 0.497 e. The van der Waals surface area contributed by atoms with Gasteiger partial charge in [-0.1, -0.05) is 0 Å². The van der Waals surface area contributed by atoms with Crippen LogP contribution in [0.25, 0.3) is 0 Å². The summed E-state index contributed by atoms with van der Waals surface area (Å²) in [6, 6.07) is 5.29. The average Bonchev–Trinajstić information content (AvgIpc) is 2.35. The number of benzene rings is 1. The molecule has 0 fully saturated rings. The summed E-state index contributed by atoms with van der Waals surface area (Å²) in [7, 11) is 3.14. The van der Waals surface area contributed by atoms with Crippen LogP contribution < -0.4 is 20.5 Å². The van der Waals surface area contributed by atoms with Crippen LogP contribution in [0, 0.1) is 0 Å². The summed E-state index contributed by atoms with van der Waals surface area (Å²) < 4.78 is 10.4. The molecular formula is C11H16N2O3. The molecule has 5 heteroatoms. The van der Waals surface area contributed by atoms with Gasteiger partial charge in [0.25, 0.3) is 5.91 Å². The van der Waals surface area contributed by atoms with Gasteiger partial charge in [0.2, 0.25) is 0 Å². The molecule has 3 N–H and O–H groups in total. The van der Waals surface area contributed by atoms with Crippen LogP contribution in [0.15, 0.2) is 18.2 Å². The summed E-state index contributed by atoms with van der Waals surface area (Å²) in [5.41, 5.74) is 6.39. The summed E-state index contributed by atoms with van der Waals surface area (Å²) in [4.78, 5) is 11.0. The SMILES string of the molecule is CNC(=O)COc1ccc(OC)cc1CN. The van der Waals surface area contributed by atoms with E-state index >= 15 is 0 Å². The van der Waals surface area contributed by atoms with Crippen LogP contribution in [-0.2, 0) is 11.3 Å². The van der Waals surface area contributed by atoms with Crippen molar-refractivity contribution in [1.82, 2.24) is 5.32 Å². The maximum absolute atomic E-state index is 11.0. The molecule has 0 spiro atoms. The zero-order valence-corrected chi connectivity index (χ0v) is 9.45. The number of methoxy groups -OCH3 is 1. The number of nitrogens with two attached hydrogens (primary N) is 1. The number of amides is 1. The molecule has 0 bridgehead atoms. The minimum absolute atomic E-state index is 0.0180. The molecule has 0 aliphatic carbocycles. The lowest BCUT2D eigenvalue weighted by Gasteiger charge is -2.11. The Morgan fingerprint density at radius 1 is 1.50 bits per heavy atom. The van der Waals surface area contributed by atoms with E-state index in [4.69, 9.17) is 15.2 Å². The Balaban J connectivity index is 2.75. The summed E-state index contributed by atoms with van der Waals surface area (Å²) in [5, 5.41) is 2.48. The van der Waals surface area contributed by atoms with Crippen LogP contribution in [0.1, 0.15) is 5.56 Å². The van der Waals surface area contributed by atoms with Crippen molar-refractivity contribution in [3.05, 3.63) is 23.8 Å². The Hall–Kier alpha value is -1.75. The number of carbonyl (C=O) groups excluding carboxylic acids is 1. The molecule has 1 amide bonds. The van der Waals surface area contributed by atoms with E-state index in [0.717, 1.165) is 5.56 Å². The lowest BCUT2D eigenvalue weighted by molar-refractivity contribution is -0.122. The van der Waals surface area contributed by atoms with Crippen LogP contribution in [0.3, 0.4) is 0 Å². The molecule has 0 saturated carbocycles. The molecule has 5 nitrogen and oxygen atoms in total. The van der Waals surface area contributed by atoms with E-state index in [2.05, 4.69) is 5.32 Å². The van der Waals surface area contributed by atoms with Crippen LogP contribution in [0.4, 0.5) is 0 Å². The van der Waals surface area contributed by atoms with Gasteiger partial charge in [-0.05, 0) is 18.2 Å². The number of carbonyl (C=O) groups is 1. The number of hydrogen-bond acceptors (Lipinski definition) is 4. The first-order chi connectivity index (χ1) is 7.71. The van der Waals surface area contributed by atoms with Gasteiger partial charge in [0, 0.05) is 19.2 Å². The predicted molar refractivity (Wildman–Crippen MR) is 60.4 cm³/mol. The van der Waals surface area contributed by atoms with Gasteiger partial charge in [-0.25, -0.2) is 0 Å². The zero-order valence-electron chi connectivity index (χ0n) is 9.45. The summed E-state index contributed by atoms with van der Waals surface area (Å²) >= 11 is 0. The van der Waals surface area contributed by atoms with Crippen LogP contribution >= 0.6 is 0 Å². The lowest BCUT2D eigenvalue weighted by atomic mass is 10.2. The number of rotatable bonds is 5. The second-order valence-electron chi connectivity index (χ2n) is 3.14. The monoisotopic (exact) mass is 224 g/mol. The molecule has 0 atom stereocenters. The van der Waals surface area contributed by atoms with Gasteiger partial charge < -0.3 is 20.5 Å². The van der Waals surface area contributed by atoms with Crippen LogP contribution in [0.2, 0.25) is 0 Å². The summed E-state index contributed by atoms with van der Waals surface area (Å²) in [6.45, 7) is 0.316. The van der Waals surface area contributed by atoms with E-state index in [1.165, 1.54) is 0 Å². The van der Waals surface area contributed by atoms with Crippen molar-refractivity contribution in [1.29, 1.82) is 0 Å². The maximum Gasteiger partial charge on any atom is 0.257 e. The molecule has 16 heavy (non-hydrogen) atoms. The molecule has 1 aromatic rings. The van der Waals surface area contributed by atoms with Crippen molar-refractivity contribution in [2.24, 2.45) is 5.73 Å². The van der Waals surface area contributed by atoms with E-state index < -0.39 is 0 Å². The highest BCUT2D eigenvalue weighted by atomic mass is 16.5. The Kier molecular flexibility index (Phi) is 4.60. The minimum Gasteiger partial charge on any atom is -0.497 e. The number of hydrogen-bond donors (Lipinski definition) is 2. The first-order valence-corrected chi connectivity index (χ1v) is 4.91. The smallest absolute Gasteiger partial charge is 0.257 e. The molecule has 1 rings (SSSR count). The molecule has 1 aromatic carbocycles. The Morgan fingerprint density at radius 2 is 2.25 bits per heavy atom. The third-order valence-electron chi connectivity index (χ3n) is 2.13. The van der Waals surface area contributed by atoms with E-state index in [9.17, 15) is 4.79 Å².